The molecule has 0 aliphatic rings. The molecule has 0 saturated carbocycles. The summed E-state index contributed by atoms with van der Waals surface area (Å²) in [6.45, 7) is 0.316. The maximum absolute atomic E-state index is 11.8. The van der Waals surface area contributed by atoms with Crippen molar-refractivity contribution in [2.75, 3.05) is 12.4 Å². The molecule has 22 heavy (non-hydrogen) atoms. The van der Waals surface area contributed by atoms with Crippen LogP contribution < -0.4 is 10.6 Å². The van der Waals surface area contributed by atoms with Gasteiger partial charge in [0, 0.05) is 6.54 Å². The molecule has 0 bridgehead atoms. The van der Waals surface area contributed by atoms with Crippen LogP contribution in [0, 0.1) is 11.3 Å². The topological polar surface area (TPSA) is 91.2 Å². The minimum atomic E-state index is -0.497. The number of ether oxygens (including phenoxy) is 1. The predicted octanol–water partition coefficient (Wildman–Crippen LogP) is 2.73. The number of esters is 1. The molecular weight excluding hydrogens is 302 g/mol. The minimum absolute atomic E-state index is 0.316. The van der Waals surface area contributed by atoms with Crippen molar-refractivity contribution in [1.82, 2.24) is 5.32 Å². The lowest BCUT2D eigenvalue weighted by Crippen LogP contribution is -2.28. The number of benzene rings is 1. The lowest BCUT2D eigenvalue weighted by atomic mass is 10.1. The van der Waals surface area contributed by atoms with Crippen LogP contribution >= 0.6 is 11.3 Å². The third-order valence-electron chi connectivity index (χ3n) is 2.83. The van der Waals surface area contributed by atoms with E-state index in [0.29, 0.717) is 22.7 Å². The number of thiophene rings is 1. The first kappa shape index (κ1) is 15.5. The Morgan fingerprint density at radius 2 is 2.00 bits per heavy atom. The molecule has 0 fully saturated rings. The van der Waals surface area contributed by atoms with Crippen LogP contribution in [0.15, 0.2) is 35.7 Å². The van der Waals surface area contributed by atoms with Gasteiger partial charge in [0.2, 0.25) is 0 Å². The number of anilines is 1. The molecule has 2 rings (SSSR count). The number of methoxy groups -OCH3 is 1. The van der Waals surface area contributed by atoms with Gasteiger partial charge in [0.05, 0.1) is 24.3 Å². The summed E-state index contributed by atoms with van der Waals surface area (Å²) in [6.07, 6.45) is 0. The second-order valence-electron chi connectivity index (χ2n) is 4.27. The molecule has 2 aromatic rings. The number of amides is 2. The fourth-order valence-corrected chi connectivity index (χ4v) is 2.47. The third kappa shape index (κ3) is 3.84. The fourth-order valence-electron chi connectivity index (χ4n) is 1.70. The summed E-state index contributed by atoms with van der Waals surface area (Å²) in [7, 11) is 1.29. The molecule has 0 aliphatic heterocycles. The average molecular weight is 315 g/mol. The molecule has 0 saturated heterocycles. The largest absolute Gasteiger partial charge is 0.465 e. The first-order valence-electron chi connectivity index (χ1n) is 6.33. The minimum Gasteiger partial charge on any atom is -0.465 e. The van der Waals surface area contributed by atoms with E-state index in [1.54, 1.807) is 35.7 Å². The Hall–Kier alpha value is -2.85. The Balaban J connectivity index is 1.92. The molecular formula is C15H13N3O3S. The molecule has 0 atom stereocenters. The van der Waals surface area contributed by atoms with Crippen molar-refractivity contribution in [2.45, 2.75) is 6.54 Å². The highest BCUT2D eigenvalue weighted by molar-refractivity contribution is 7.14. The van der Waals surface area contributed by atoms with E-state index in [-0.39, 0.29) is 0 Å². The van der Waals surface area contributed by atoms with Gasteiger partial charge in [-0.15, -0.1) is 11.3 Å². The van der Waals surface area contributed by atoms with Crippen LogP contribution in [-0.4, -0.2) is 19.1 Å². The number of nitriles is 1. The van der Waals surface area contributed by atoms with E-state index in [0.717, 1.165) is 5.56 Å². The Kier molecular flexibility index (Phi) is 5.11. The normalized spacial score (nSPS) is 9.64. The maximum atomic E-state index is 11.8. The number of hydrogen-bond donors (Lipinski definition) is 2. The Bertz CT molecular complexity index is 716. The van der Waals surface area contributed by atoms with Crippen molar-refractivity contribution in [3.8, 4) is 6.07 Å². The van der Waals surface area contributed by atoms with Gasteiger partial charge in [0.25, 0.3) is 0 Å². The van der Waals surface area contributed by atoms with E-state index in [9.17, 15) is 9.59 Å². The van der Waals surface area contributed by atoms with Gasteiger partial charge in [-0.3, -0.25) is 5.32 Å². The van der Waals surface area contributed by atoms with Gasteiger partial charge in [-0.1, -0.05) is 12.1 Å². The number of nitrogens with zero attached hydrogens (tertiary/aromatic N) is 1. The Morgan fingerprint density at radius 1 is 1.27 bits per heavy atom. The van der Waals surface area contributed by atoms with Crippen molar-refractivity contribution in [3.63, 3.8) is 0 Å². The van der Waals surface area contributed by atoms with Gasteiger partial charge in [-0.25, -0.2) is 9.59 Å². The van der Waals surface area contributed by atoms with Crippen molar-refractivity contribution in [3.05, 3.63) is 52.4 Å². The molecule has 2 amide bonds. The van der Waals surface area contributed by atoms with E-state index in [1.807, 2.05) is 6.07 Å². The second-order valence-corrected chi connectivity index (χ2v) is 5.19. The zero-order valence-electron chi connectivity index (χ0n) is 11.8. The number of rotatable bonds is 4. The van der Waals surface area contributed by atoms with Crippen molar-refractivity contribution >= 4 is 28.3 Å². The van der Waals surface area contributed by atoms with E-state index in [2.05, 4.69) is 15.4 Å². The van der Waals surface area contributed by atoms with Crippen LogP contribution in [0.5, 0.6) is 0 Å². The van der Waals surface area contributed by atoms with Crippen molar-refractivity contribution in [1.29, 1.82) is 5.26 Å². The van der Waals surface area contributed by atoms with Gasteiger partial charge in [-0.05, 0) is 29.1 Å². The van der Waals surface area contributed by atoms with Crippen molar-refractivity contribution in [2.24, 2.45) is 0 Å². The summed E-state index contributed by atoms with van der Waals surface area (Å²) in [5.74, 6) is -0.497. The highest BCUT2D eigenvalue weighted by Crippen LogP contribution is 2.23. The van der Waals surface area contributed by atoms with E-state index in [4.69, 9.17) is 5.26 Å². The predicted molar refractivity (Wildman–Crippen MR) is 82.7 cm³/mol. The fraction of sp³-hybridized carbons (Fsp3) is 0.133. The number of nitrogens with one attached hydrogen (secondary N) is 2. The van der Waals surface area contributed by atoms with Gasteiger partial charge in [0.15, 0.2) is 0 Å². The molecule has 0 unspecified atom stereocenters. The van der Waals surface area contributed by atoms with E-state index >= 15 is 0 Å². The summed E-state index contributed by atoms with van der Waals surface area (Å²) in [6, 6.07) is 10.1. The van der Waals surface area contributed by atoms with Gasteiger partial charge in [-0.2, -0.15) is 5.26 Å². The molecule has 1 aromatic heterocycles. The Morgan fingerprint density at radius 3 is 2.64 bits per heavy atom. The number of urea groups is 1. The number of carbonyl (C=O) groups excluding carboxylic acids is 2. The molecule has 0 spiro atoms. The maximum Gasteiger partial charge on any atom is 0.340 e. The molecule has 2 N–H and O–H groups in total. The lowest BCUT2D eigenvalue weighted by Gasteiger charge is -2.07. The molecule has 1 aromatic carbocycles. The average Bonchev–Trinajstić information content (AvgIpc) is 3.00. The van der Waals surface area contributed by atoms with E-state index < -0.39 is 12.0 Å². The van der Waals surface area contributed by atoms with Gasteiger partial charge in [0.1, 0.15) is 5.00 Å². The smallest absolute Gasteiger partial charge is 0.340 e. The van der Waals surface area contributed by atoms with Crippen LogP contribution in [0.25, 0.3) is 0 Å². The van der Waals surface area contributed by atoms with Crippen LogP contribution in [0.3, 0.4) is 0 Å². The highest BCUT2D eigenvalue weighted by atomic mass is 32.1. The number of carbonyl (C=O) groups is 2. The standard InChI is InChI=1S/C15H13N3O3S/c1-21-14(19)12-6-7-22-13(12)18-15(20)17-9-11-4-2-10(8-16)3-5-11/h2-7H,9H2,1H3,(H2,17,18,20). The summed E-state index contributed by atoms with van der Waals surface area (Å²) >= 11 is 1.24. The zero-order valence-corrected chi connectivity index (χ0v) is 12.6. The van der Waals surface area contributed by atoms with Crippen LogP contribution in [0.2, 0.25) is 0 Å². The van der Waals surface area contributed by atoms with Crippen LogP contribution in [0.4, 0.5) is 9.80 Å². The number of hydrogen-bond acceptors (Lipinski definition) is 5. The highest BCUT2D eigenvalue weighted by Gasteiger charge is 2.15. The van der Waals surface area contributed by atoms with Gasteiger partial charge < -0.3 is 10.1 Å². The molecule has 6 nitrogen and oxygen atoms in total. The summed E-state index contributed by atoms with van der Waals surface area (Å²) in [4.78, 5) is 23.4. The van der Waals surface area contributed by atoms with Crippen LogP contribution in [0.1, 0.15) is 21.5 Å². The Labute approximate surface area is 131 Å². The zero-order chi connectivity index (χ0) is 15.9. The molecule has 0 aliphatic carbocycles. The molecule has 1 heterocycles. The van der Waals surface area contributed by atoms with Crippen molar-refractivity contribution < 1.29 is 14.3 Å². The first-order valence-corrected chi connectivity index (χ1v) is 7.21. The SMILES string of the molecule is COC(=O)c1ccsc1NC(=O)NCc1ccc(C#N)cc1. The second kappa shape index (κ2) is 7.24. The molecule has 112 valence electrons. The van der Waals surface area contributed by atoms with E-state index in [1.165, 1.54) is 18.4 Å². The summed E-state index contributed by atoms with van der Waals surface area (Å²) in [5.41, 5.74) is 1.75. The summed E-state index contributed by atoms with van der Waals surface area (Å²) < 4.78 is 4.64. The monoisotopic (exact) mass is 315 g/mol. The quantitative estimate of drug-likeness (QED) is 0.849. The van der Waals surface area contributed by atoms with Gasteiger partial charge >= 0.3 is 12.0 Å². The molecule has 7 heteroatoms. The summed E-state index contributed by atoms with van der Waals surface area (Å²) in [5, 5.41) is 16.1. The first-order chi connectivity index (χ1) is 10.6. The third-order valence-corrected chi connectivity index (χ3v) is 3.66. The molecule has 0 radical (unpaired) electrons. The van der Waals surface area contributed by atoms with Crippen LogP contribution in [-0.2, 0) is 11.3 Å². The lowest BCUT2D eigenvalue weighted by molar-refractivity contribution is 0.0602.